The molecule has 0 saturated carbocycles. The first-order valence-electron chi connectivity index (χ1n) is 9.09. The molecule has 4 bridgehead atoms. The number of hydrogen-bond donors (Lipinski definition) is 0. The lowest BCUT2D eigenvalue weighted by atomic mass is 9.93. The number of nitrogens with zero attached hydrogens (tertiary/aromatic N) is 1. The maximum atomic E-state index is 5.98. The summed E-state index contributed by atoms with van der Waals surface area (Å²) in [5.41, 5.74) is 6.76. The third-order valence-corrected chi connectivity index (χ3v) is 5.26. The highest BCUT2D eigenvalue weighted by Gasteiger charge is 2.24. The third kappa shape index (κ3) is 3.10. The van der Waals surface area contributed by atoms with Gasteiger partial charge < -0.3 is 4.74 Å². The van der Waals surface area contributed by atoms with E-state index in [0.717, 1.165) is 38.2 Å². The molecule has 4 aliphatic carbocycles. The molecule has 0 amide bonds. The molecule has 0 spiro atoms. The Hall–Kier alpha value is -2.09. The van der Waals surface area contributed by atoms with E-state index in [-0.39, 0.29) is 0 Å². The zero-order valence-corrected chi connectivity index (χ0v) is 14.6. The zero-order valence-electron chi connectivity index (χ0n) is 14.6. The first-order valence-corrected chi connectivity index (χ1v) is 9.09. The number of benzene rings is 2. The fraction of sp³-hybridized carbons (Fsp3) is 0.409. The van der Waals surface area contributed by atoms with Gasteiger partial charge in [0.25, 0.3) is 0 Å². The maximum absolute atomic E-state index is 5.98. The van der Waals surface area contributed by atoms with Crippen LogP contribution in [0.3, 0.4) is 0 Å². The summed E-state index contributed by atoms with van der Waals surface area (Å²) < 4.78 is 5.98. The molecule has 2 heteroatoms. The van der Waals surface area contributed by atoms with E-state index in [1.165, 1.54) is 27.8 Å². The van der Waals surface area contributed by atoms with E-state index in [4.69, 9.17) is 9.73 Å². The molecule has 1 heterocycles. The molecule has 5 aliphatic rings. The van der Waals surface area contributed by atoms with Gasteiger partial charge in [0.05, 0.1) is 6.04 Å². The minimum atomic E-state index is 0.294. The first kappa shape index (κ1) is 15.4. The fourth-order valence-corrected chi connectivity index (χ4v) is 3.51. The Labute approximate surface area is 144 Å². The minimum Gasteiger partial charge on any atom is -0.475 e. The van der Waals surface area contributed by atoms with Gasteiger partial charge >= 0.3 is 0 Å². The van der Waals surface area contributed by atoms with Gasteiger partial charge in [0.2, 0.25) is 5.90 Å². The Bertz CT molecular complexity index is 758. The van der Waals surface area contributed by atoms with Crippen LogP contribution in [0, 0.1) is 5.92 Å². The van der Waals surface area contributed by atoms with Crippen LogP contribution in [0.2, 0.25) is 0 Å². The van der Waals surface area contributed by atoms with E-state index >= 15 is 0 Å². The van der Waals surface area contributed by atoms with Crippen molar-refractivity contribution in [1.29, 1.82) is 0 Å². The molecule has 2 nitrogen and oxygen atoms in total. The minimum absolute atomic E-state index is 0.294. The monoisotopic (exact) mass is 319 g/mol. The van der Waals surface area contributed by atoms with E-state index in [2.05, 4.69) is 56.3 Å². The SMILES string of the molecule is CC(C)[C@@H]1COC(c2cc3ccc2CCc2ccc(cc2)CC3)=N1. The molecular formula is C22H25NO. The standard InChI is InChI=1S/C22H25NO/c1-15(2)21-14-24-22(23-21)20-13-18-8-7-16-3-5-17(6-4-16)9-11-19(20)12-10-18/h3-6,10,12-13,15,21H,7-9,11,14H2,1-2H3/t21-/m0/s1. The van der Waals surface area contributed by atoms with Crippen molar-refractivity contribution >= 4 is 5.90 Å². The van der Waals surface area contributed by atoms with E-state index < -0.39 is 0 Å². The number of hydrogen-bond acceptors (Lipinski definition) is 2. The molecule has 2 aromatic carbocycles. The van der Waals surface area contributed by atoms with E-state index in [9.17, 15) is 0 Å². The summed E-state index contributed by atoms with van der Waals surface area (Å²) in [4.78, 5) is 4.86. The molecule has 7 rings (SSSR count). The fourth-order valence-electron chi connectivity index (χ4n) is 3.51. The Balaban J connectivity index is 1.70. The topological polar surface area (TPSA) is 21.6 Å². The van der Waals surface area contributed by atoms with E-state index in [0.29, 0.717) is 12.0 Å². The predicted molar refractivity (Wildman–Crippen MR) is 98.8 cm³/mol. The number of rotatable bonds is 2. The normalized spacial score (nSPS) is 19.8. The summed E-state index contributed by atoms with van der Waals surface area (Å²) >= 11 is 0. The van der Waals surface area contributed by atoms with Gasteiger partial charge in [-0.2, -0.15) is 0 Å². The molecular weight excluding hydrogens is 294 g/mol. The lowest BCUT2D eigenvalue weighted by Crippen LogP contribution is -2.13. The maximum Gasteiger partial charge on any atom is 0.216 e. The average molecular weight is 319 g/mol. The second kappa shape index (κ2) is 6.43. The molecule has 0 saturated heterocycles. The highest BCUT2D eigenvalue weighted by atomic mass is 16.5. The summed E-state index contributed by atoms with van der Waals surface area (Å²) in [6.07, 6.45) is 4.24. The second-order valence-electron chi connectivity index (χ2n) is 7.36. The van der Waals surface area contributed by atoms with Crippen LogP contribution < -0.4 is 0 Å². The first-order chi connectivity index (χ1) is 11.7. The van der Waals surface area contributed by atoms with Gasteiger partial charge in [-0.25, -0.2) is 4.99 Å². The molecule has 24 heavy (non-hydrogen) atoms. The van der Waals surface area contributed by atoms with Crippen molar-refractivity contribution in [3.05, 3.63) is 70.3 Å². The predicted octanol–water partition coefficient (Wildman–Crippen LogP) is 4.37. The molecule has 1 atom stereocenters. The Morgan fingerprint density at radius 1 is 0.875 bits per heavy atom. The summed E-state index contributed by atoms with van der Waals surface area (Å²) in [6, 6.07) is 16.3. The van der Waals surface area contributed by atoms with Crippen molar-refractivity contribution < 1.29 is 4.74 Å². The van der Waals surface area contributed by atoms with Crippen LogP contribution in [0.4, 0.5) is 0 Å². The molecule has 0 unspecified atom stereocenters. The van der Waals surface area contributed by atoms with Gasteiger partial charge in [-0.1, -0.05) is 50.2 Å². The summed E-state index contributed by atoms with van der Waals surface area (Å²) in [7, 11) is 0. The lowest BCUT2D eigenvalue weighted by molar-refractivity contribution is 0.291. The highest BCUT2D eigenvalue weighted by molar-refractivity contribution is 5.96. The van der Waals surface area contributed by atoms with Gasteiger partial charge in [-0.05, 0) is 59.9 Å². The van der Waals surface area contributed by atoms with Crippen LogP contribution >= 0.6 is 0 Å². The molecule has 0 radical (unpaired) electrons. The van der Waals surface area contributed by atoms with Gasteiger partial charge in [-0.15, -0.1) is 0 Å². The molecule has 0 fully saturated rings. The quantitative estimate of drug-likeness (QED) is 0.805. The smallest absolute Gasteiger partial charge is 0.216 e. The van der Waals surface area contributed by atoms with Gasteiger partial charge in [0.1, 0.15) is 6.61 Å². The Morgan fingerprint density at radius 2 is 1.50 bits per heavy atom. The highest BCUT2D eigenvalue weighted by Crippen LogP contribution is 2.24. The third-order valence-electron chi connectivity index (χ3n) is 5.26. The lowest BCUT2D eigenvalue weighted by Gasteiger charge is -2.14. The van der Waals surface area contributed by atoms with Gasteiger partial charge in [0, 0.05) is 5.56 Å². The van der Waals surface area contributed by atoms with E-state index in [1.807, 2.05) is 0 Å². The summed E-state index contributed by atoms with van der Waals surface area (Å²) in [5.74, 6) is 1.38. The van der Waals surface area contributed by atoms with Crippen molar-refractivity contribution in [1.82, 2.24) is 0 Å². The van der Waals surface area contributed by atoms with Crippen molar-refractivity contribution in [2.75, 3.05) is 6.61 Å². The van der Waals surface area contributed by atoms with Crippen LogP contribution in [0.5, 0.6) is 0 Å². The largest absolute Gasteiger partial charge is 0.475 e. The molecule has 124 valence electrons. The zero-order chi connectivity index (χ0) is 16.5. The van der Waals surface area contributed by atoms with Crippen molar-refractivity contribution in [2.24, 2.45) is 10.9 Å². The molecule has 0 aromatic heterocycles. The average Bonchev–Trinajstić information content (AvgIpc) is 3.07. The second-order valence-corrected chi connectivity index (χ2v) is 7.36. The van der Waals surface area contributed by atoms with Gasteiger partial charge in [0.15, 0.2) is 0 Å². The number of aliphatic imine (C=N–C) groups is 1. The number of aryl methyl sites for hydroxylation is 4. The van der Waals surface area contributed by atoms with Crippen LogP contribution in [-0.2, 0) is 30.4 Å². The van der Waals surface area contributed by atoms with Gasteiger partial charge in [-0.3, -0.25) is 0 Å². The molecule has 0 N–H and O–H groups in total. The van der Waals surface area contributed by atoms with Crippen molar-refractivity contribution in [2.45, 2.75) is 45.6 Å². The summed E-state index contributed by atoms with van der Waals surface area (Å²) in [6.45, 7) is 5.15. The van der Waals surface area contributed by atoms with Crippen LogP contribution in [0.1, 0.15) is 41.7 Å². The summed E-state index contributed by atoms with van der Waals surface area (Å²) in [5, 5.41) is 0. The van der Waals surface area contributed by atoms with Crippen molar-refractivity contribution in [3.63, 3.8) is 0 Å². The molecule has 1 aliphatic heterocycles. The van der Waals surface area contributed by atoms with E-state index in [1.54, 1.807) is 0 Å². The Morgan fingerprint density at radius 3 is 2.17 bits per heavy atom. The van der Waals surface area contributed by atoms with Crippen LogP contribution in [0.25, 0.3) is 0 Å². The Kier molecular flexibility index (Phi) is 4.13. The van der Waals surface area contributed by atoms with Crippen molar-refractivity contribution in [3.8, 4) is 0 Å². The van der Waals surface area contributed by atoms with Crippen LogP contribution in [0.15, 0.2) is 47.5 Å². The van der Waals surface area contributed by atoms with Crippen LogP contribution in [-0.4, -0.2) is 18.5 Å². The molecule has 2 aromatic rings. The number of ether oxygens (including phenoxy) is 1.